The van der Waals surface area contributed by atoms with Crippen molar-refractivity contribution in [2.45, 2.75) is 44.8 Å². The fourth-order valence-corrected chi connectivity index (χ4v) is 2.81. The molecular weight excluding hydrogens is 254 g/mol. The van der Waals surface area contributed by atoms with Crippen molar-refractivity contribution in [1.82, 2.24) is 9.36 Å². The van der Waals surface area contributed by atoms with Crippen LogP contribution in [0.3, 0.4) is 0 Å². The largest absolute Gasteiger partial charge is 0.480 e. The van der Waals surface area contributed by atoms with Gasteiger partial charge in [-0.1, -0.05) is 20.8 Å². The van der Waals surface area contributed by atoms with Gasteiger partial charge in [0.1, 0.15) is 11.9 Å². The number of aromatic nitrogens is 2. The molecule has 0 aromatic carbocycles. The van der Waals surface area contributed by atoms with Crippen molar-refractivity contribution < 1.29 is 15.0 Å². The van der Waals surface area contributed by atoms with Gasteiger partial charge in [0.05, 0.1) is 6.10 Å². The van der Waals surface area contributed by atoms with Gasteiger partial charge in [-0.25, -0.2) is 9.78 Å². The van der Waals surface area contributed by atoms with Crippen LogP contribution in [-0.2, 0) is 10.2 Å². The van der Waals surface area contributed by atoms with Crippen LogP contribution in [0.25, 0.3) is 0 Å². The number of aliphatic hydroxyl groups is 1. The highest BCUT2D eigenvalue weighted by molar-refractivity contribution is 7.09. The molecular formula is C11H17N3O3S. The van der Waals surface area contributed by atoms with Crippen LogP contribution < -0.4 is 4.90 Å². The lowest BCUT2D eigenvalue weighted by Gasteiger charge is -2.19. The van der Waals surface area contributed by atoms with Gasteiger partial charge in [0, 0.05) is 29.9 Å². The molecule has 1 saturated heterocycles. The second-order valence-corrected chi connectivity index (χ2v) is 6.28. The summed E-state index contributed by atoms with van der Waals surface area (Å²) >= 11 is 1.19. The molecule has 6 nitrogen and oxygen atoms in total. The number of rotatable bonds is 2. The van der Waals surface area contributed by atoms with E-state index in [2.05, 4.69) is 9.36 Å². The van der Waals surface area contributed by atoms with Gasteiger partial charge in [-0.3, -0.25) is 0 Å². The number of hydrogen-bond acceptors (Lipinski definition) is 6. The van der Waals surface area contributed by atoms with E-state index in [0.717, 1.165) is 0 Å². The predicted molar refractivity (Wildman–Crippen MR) is 68.0 cm³/mol. The third kappa shape index (κ3) is 2.46. The molecule has 2 rings (SSSR count). The molecule has 1 aromatic heterocycles. The van der Waals surface area contributed by atoms with Gasteiger partial charge in [0.2, 0.25) is 5.13 Å². The quantitative estimate of drug-likeness (QED) is 0.829. The van der Waals surface area contributed by atoms with E-state index in [-0.39, 0.29) is 11.8 Å². The summed E-state index contributed by atoms with van der Waals surface area (Å²) in [5.74, 6) is -0.230. The van der Waals surface area contributed by atoms with Crippen LogP contribution in [0, 0.1) is 0 Å². The van der Waals surface area contributed by atoms with Crippen LogP contribution in [-0.4, -0.2) is 44.2 Å². The lowest BCUT2D eigenvalue weighted by atomic mass is 9.96. The standard InChI is InChI=1S/C11H17N3O3S/c1-11(2,3)9-12-10(18-13-9)14-5-6(15)4-7(14)8(16)17/h6-7,15H,4-5H2,1-3H3,(H,16,17). The third-order valence-corrected chi connectivity index (χ3v) is 3.65. The van der Waals surface area contributed by atoms with Crippen LogP contribution >= 0.6 is 11.5 Å². The Morgan fingerprint density at radius 3 is 2.67 bits per heavy atom. The van der Waals surface area contributed by atoms with Gasteiger partial charge in [0.25, 0.3) is 0 Å². The Bertz CT molecular complexity index is 455. The summed E-state index contributed by atoms with van der Waals surface area (Å²) in [5.41, 5.74) is -0.161. The first-order chi connectivity index (χ1) is 8.29. The minimum absolute atomic E-state index is 0.161. The van der Waals surface area contributed by atoms with E-state index in [4.69, 9.17) is 5.11 Å². The maximum absolute atomic E-state index is 11.1. The van der Waals surface area contributed by atoms with E-state index < -0.39 is 18.1 Å². The molecule has 0 amide bonds. The number of aliphatic hydroxyl groups excluding tert-OH is 1. The molecule has 1 fully saturated rings. The minimum Gasteiger partial charge on any atom is -0.480 e. The molecule has 2 unspecified atom stereocenters. The predicted octanol–water partition coefficient (Wildman–Crippen LogP) is 0.860. The van der Waals surface area contributed by atoms with E-state index in [1.807, 2.05) is 20.8 Å². The average Bonchev–Trinajstić information content (AvgIpc) is 2.81. The zero-order valence-electron chi connectivity index (χ0n) is 10.6. The number of carbonyl (C=O) groups is 1. The summed E-state index contributed by atoms with van der Waals surface area (Å²) in [7, 11) is 0. The highest BCUT2D eigenvalue weighted by Gasteiger charge is 2.38. The lowest BCUT2D eigenvalue weighted by Crippen LogP contribution is -2.36. The fourth-order valence-electron chi connectivity index (χ4n) is 1.90. The molecule has 2 heterocycles. The Kier molecular flexibility index (Phi) is 3.29. The van der Waals surface area contributed by atoms with E-state index in [1.165, 1.54) is 11.5 Å². The summed E-state index contributed by atoms with van der Waals surface area (Å²) in [6, 6.07) is -0.708. The Morgan fingerprint density at radius 1 is 1.50 bits per heavy atom. The maximum Gasteiger partial charge on any atom is 0.326 e. The van der Waals surface area contributed by atoms with Gasteiger partial charge in [-0.05, 0) is 0 Å². The molecule has 0 saturated carbocycles. The zero-order valence-corrected chi connectivity index (χ0v) is 11.4. The van der Waals surface area contributed by atoms with Gasteiger partial charge in [-0.2, -0.15) is 4.37 Å². The number of anilines is 1. The average molecular weight is 271 g/mol. The van der Waals surface area contributed by atoms with Crippen LogP contribution in [0.2, 0.25) is 0 Å². The molecule has 0 radical (unpaired) electrons. The number of carboxylic acid groups (broad SMARTS) is 1. The Hall–Kier alpha value is -1.21. The van der Waals surface area contributed by atoms with Crippen LogP contribution in [0.5, 0.6) is 0 Å². The molecule has 1 aliphatic rings. The Balaban J connectivity index is 2.25. The summed E-state index contributed by atoms with van der Waals surface area (Å²) in [6.45, 7) is 6.32. The first-order valence-corrected chi connectivity index (χ1v) is 6.58. The first-order valence-electron chi connectivity index (χ1n) is 5.80. The minimum atomic E-state index is -0.931. The molecule has 0 spiro atoms. The van der Waals surface area contributed by atoms with Crippen LogP contribution in [0.4, 0.5) is 5.13 Å². The lowest BCUT2D eigenvalue weighted by molar-refractivity contribution is -0.138. The number of aliphatic carboxylic acids is 1. The molecule has 18 heavy (non-hydrogen) atoms. The SMILES string of the molecule is CC(C)(C)c1nsc(N2CC(O)CC2C(=O)O)n1. The van der Waals surface area contributed by atoms with Crippen molar-refractivity contribution in [3.8, 4) is 0 Å². The van der Waals surface area contributed by atoms with Gasteiger partial charge >= 0.3 is 5.97 Å². The fraction of sp³-hybridized carbons (Fsp3) is 0.727. The summed E-state index contributed by atoms with van der Waals surface area (Å²) in [6.07, 6.45) is -0.382. The van der Waals surface area contributed by atoms with E-state index in [9.17, 15) is 9.90 Å². The zero-order chi connectivity index (χ0) is 13.5. The van der Waals surface area contributed by atoms with Gasteiger partial charge in [-0.15, -0.1) is 0 Å². The highest BCUT2D eigenvalue weighted by Crippen LogP contribution is 2.30. The molecule has 0 aliphatic carbocycles. The monoisotopic (exact) mass is 271 g/mol. The molecule has 7 heteroatoms. The maximum atomic E-state index is 11.1. The molecule has 100 valence electrons. The van der Waals surface area contributed by atoms with Gasteiger partial charge < -0.3 is 15.1 Å². The molecule has 0 bridgehead atoms. The molecule has 1 aliphatic heterocycles. The number of nitrogens with zero attached hydrogens (tertiary/aromatic N) is 3. The van der Waals surface area contributed by atoms with E-state index in [0.29, 0.717) is 17.5 Å². The van der Waals surface area contributed by atoms with Crippen molar-refractivity contribution in [2.75, 3.05) is 11.4 Å². The molecule has 1 aromatic rings. The third-order valence-electron chi connectivity index (χ3n) is 2.90. The van der Waals surface area contributed by atoms with Crippen LogP contribution in [0.1, 0.15) is 33.0 Å². The van der Waals surface area contributed by atoms with Crippen molar-refractivity contribution >= 4 is 22.6 Å². The number of carboxylic acids is 1. The Morgan fingerprint density at radius 2 is 2.17 bits per heavy atom. The normalized spacial score (nSPS) is 24.6. The van der Waals surface area contributed by atoms with Gasteiger partial charge in [0.15, 0.2) is 0 Å². The molecule has 2 atom stereocenters. The van der Waals surface area contributed by atoms with Crippen molar-refractivity contribution in [3.05, 3.63) is 5.82 Å². The summed E-state index contributed by atoms with van der Waals surface area (Å²) in [4.78, 5) is 17.2. The van der Waals surface area contributed by atoms with Crippen LogP contribution in [0.15, 0.2) is 0 Å². The Labute approximate surface area is 109 Å². The number of hydrogen-bond donors (Lipinski definition) is 2. The second-order valence-electron chi connectivity index (χ2n) is 5.55. The van der Waals surface area contributed by atoms with Crippen molar-refractivity contribution in [1.29, 1.82) is 0 Å². The first kappa shape index (κ1) is 13.2. The highest BCUT2D eigenvalue weighted by atomic mass is 32.1. The van der Waals surface area contributed by atoms with Crippen molar-refractivity contribution in [3.63, 3.8) is 0 Å². The summed E-state index contributed by atoms with van der Waals surface area (Å²) in [5, 5.41) is 19.3. The molecule has 2 N–H and O–H groups in total. The summed E-state index contributed by atoms with van der Waals surface area (Å²) < 4.78 is 4.27. The van der Waals surface area contributed by atoms with E-state index in [1.54, 1.807) is 4.90 Å². The van der Waals surface area contributed by atoms with Crippen molar-refractivity contribution in [2.24, 2.45) is 0 Å². The topological polar surface area (TPSA) is 86.5 Å². The number of β-amino-alcohol motifs (C(OH)–C–C–N with tert-alkyl or cyclic N) is 1. The second kappa shape index (κ2) is 4.47. The van der Waals surface area contributed by atoms with E-state index >= 15 is 0 Å². The smallest absolute Gasteiger partial charge is 0.326 e.